The minimum absolute atomic E-state index is 0.0164. The van der Waals surface area contributed by atoms with Gasteiger partial charge in [0.2, 0.25) is 0 Å². The van der Waals surface area contributed by atoms with Gasteiger partial charge in [-0.3, -0.25) is 4.79 Å². The lowest BCUT2D eigenvalue weighted by molar-refractivity contribution is -0.137. The molecule has 1 heterocycles. The van der Waals surface area contributed by atoms with Crippen molar-refractivity contribution in [2.45, 2.75) is 76.6 Å². The van der Waals surface area contributed by atoms with Crippen LogP contribution >= 0.6 is 0 Å². The Morgan fingerprint density at radius 3 is 2.88 bits per heavy atom. The minimum atomic E-state index is -0.750. The number of carboxylic acids is 1. The highest BCUT2D eigenvalue weighted by Crippen LogP contribution is 2.45. The zero-order valence-corrected chi connectivity index (χ0v) is 15.6. The standard InChI is InChI=1S/C21H32O5/c1-2-3-5-8-15(22)11-12-17-18-13-16(26-20(18)14-19(17)23)9-6-4-7-10-21(24)25/h3,5,9,11-12,15,17-20,22-23H,2,4,6-8,10,13-14H2,1H3,(H,24,25)/b5-3+,12-11+,16-9-. The van der Waals surface area contributed by atoms with E-state index in [1.165, 1.54) is 0 Å². The number of rotatable bonds is 10. The third-order valence-corrected chi connectivity index (χ3v) is 5.18. The van der Waals surface area contributed by atoms with Gasteiger partial charge in [-0.05, 0) is 38.2 Å². The maximum absolute atomic E-state index is 10.5. The van der Waals surface area contributed by atoms with Gasteiger partial charge in [-0.15, -0.1) is 0 Å². The average Bonchev–Trinajstić information content (AvgIpc) is 3.09. The van der Waals surface area contributed by atoms with Crippen LogP contribution in [0.15, 0.2) is 36.1 Å². The average molecular weight is 364 g/mol. The normalized spacial score (nSPS) is 31.0. The fourth-order valence-corrected chi connectivity index (χ4v) is 3.80. The molecule has 5 unspecified atom stereocenters. The molecule has 5 atom stereocenters. The van der Waals surface area contributed by atoms with Gasteiger partial charge in [-0.25, -0.2) is 0 Å². The predicted octanol–water partition coefficient (Wildman–Crippen LogP) is 3.57. The smallest absolute Gasteiger partial charge is 0.303 e. The molecule has 0 aromatic carbocycles. The fraction of sp³-hybridized carbons (Fsp3) is 0.667. The van der Waals surface area contributed by atoms with E-state index in [0.717, 1.165) is 31.4 Å². The number of allylic oxidation sites excluding steroid dienone is 3. The molecular weight excluding hydrogens is 332 g/mol. The second-order valence-corrected chi connectivity index (χ2v) is 7.28. The molecule has 0 bridgehead atoms. The summed E-state index contributed by atoms with van der Waals surface area (Å²) in [6, 6.07) is 0. The van der Waals surface area contributed by atoms with Gasteiger partial charge in [0.15, 0.2) is 0 Å². The number of hydrogen-bond acceptors (Lipinski definition) is 4. The summed E-state index contributed by atoms with van der Waals surface area (Å²) in [4.78, 5) is 10.5. The van der Waals surface area contributed by atoms with E-state index >= 15 is 0 Å². The number of carboxylic acid groups (broad SMARTS) is 1. The molecule has 0 radical (unpaired) electrons. The van der Waals surface area contributed by atoms with Crippen LogP contribution in [0.4, 0.5) is 0 Å². The van der Waals surface area contributed by atoms with Crippen molar-refractivity contribution in [2.24, 2.45) is 11.8 Å². The first-order valence-electron chi connectivity index (χ1n) is 9.78. The van der Waals surface area contributed by atoms with Crippen molar-refractivity contribution in [3.63, 3.8) is 0 Å². The Balaban J connectivity index is 1.82. The number of aliphatic hydroxyl groups excluding tert-OH is 2. The van der Waals surface area contributed by atoms with Crippen molar-refractivity contribution in [2.75, 3.05) is 0 Å². The summed E-state index contributed by atoms with van der Waals surface area (Å²) in [6.07, 6.45) is 14.5. The van der Waals surface area contributed by atoms with Crippen molar-refractivity contribution in [1.82, 2.24) is 0 Å². The molecule has 1 aliphatic heterocycles. The Hall–Kier alpha value is -1.59. The Bertz CT molecular complexity index is 537. The fourth-order valence-electron chi connectivity index (χ4n) is 3.80. The zero-order valence-electron chi connectivity index (χ0n) is 15.6. The second kappa shape index (κ2) is 10.5. The zero-order chi connectivity index (χ0) is 18.9. The topological polar surface area (TPSA) is 87.0 Å². The first-order valence-corrected chi connectivity index (χ1v) is 9.78. The van der Waals surface area contributed by atoms with Gasteiger partial charge in [0.1, 0.15) is 6.10 Å². The van der Waals surface area contributed by atoms with E-state index in [4.69, 9.17) is 9.84 Å². The monoisotopic (exact) mass is 364 g/mol. The highest BCUT2D eigenvalue weighted by atomic mass is 16.5. The van der Waals surface area contributed by atoms with Crippen LogP contribution < -0.4 is 0 Å². The highest BCUT2D eigenvalue weighted by molar-refractivity contribution is 5.66. The second-order valence-electron chi connectivity index (χ2n) is 7.28. The van der Waals surface area contributed by atoms with E-state index in [2.05, 4.69) is 13.0 Å². The molecule has 5 heteroatoms. The van der Waals surface area contributed by atoms with Gasteiger partial charge in [0.25, 0.3) is 0 Å². The number of unbranched alkanes of at least 4 members (excludes halogenated alkanes) is 2. The Kier molecular flexibility index (Phi) is 8.39. The van der Waals surface area contributed by atoms with Crippen LogP contribution in [-0.4, -0.2) is 39.6 Å². The third kappa shape index (κ3) is 6.29. The Morgan fingerprint density at radius 2 is 2.15 bits per heavy atom. The number of carbonyl (C=O) groups is 1. The van der Waals surface area contributed by atoms with Crippen molar-refractivity contribution >= 4 is 5.97 Å². The van der Waals surface area contributed by atoms with E-state index in [0.29, 0.717) is 19.3 Å². The van der Waals surface area contributed by atoms with Gasteiger partial charge in [0, 0.05) is 31.1 Å². The number of aliphatic carboxylic acids is 1. The molecule has 26 heavy (non-hydrogen) atoms. The molecule has 146 valence electrons. The van der Waals surface area contributed by atoms with Crippen molar-refractivity contribution in [3.05, 3.63) is 36.1 Å². The molecule has 1 saturated carbocycles. The molecular formula is C21H32O5. The molecule has 1 aliphatic carbocycles. The summed E-state index contributed by atoms with van der Waals surface area (Å²) in [5.41, 5.74) is 0. The lowest BCUT2D eigenvalue weighted by Crippen LogP contribution is -2.17. The minimum Gasteiger partial charge on any atom is -0.495 e. The lowest BCUT2D eigenvalue weighted by Gasteiger charge is -2.15. The number of ether oxygens (including phenoxy) is 1. The van der Waals surface area contributed by atoms with Crippen LogP contribution in [0.2, 0.25) is 0 Å². The largest absolute Gasteiger partial charge is 0.495 e. The van der Waals surface area contributed by atoms with Gasteiger partial charge in [0.05, 0.1) is 18.0 Å². The first-order chi connectivity index (χ1) is 12.5. The van der Waals surface area contributed by atoms with Crippen LogP contribution in [-0.2, 0) is 9.53 Å². The van der Waals surface area contributed by atoms with E-state index in [1.54, 1.807) is 6.08 Å². The van der Waals surface area contributed by atoms with E-state index in [9.17, 15) is 15.0 Å². The molecule has 2 fully saturated rings. The van der Waals surface area contributed by atoms with E-state index in [1.807, 2.05) is 18.2 Å². The van der Waals surface area contributed by atoms with Gasteiger partial charge >= 0.3 is 5.97 Å². The summed E-state index contributed by atoms with van der Waals surface area (Å²) < 4.78 is 5.98. The molecule has 1 saturated heterocycles. The maximum Gasteiger partial charge on any atom is 0.303 e. The lowest BCUT2D eigenvalue weighted by atomic mass is 9.90. The van der Waals surface area contributed by atoms with Crippen LogP contribution in [0, 0.1) is 11.8 Å². The van der Waals surface area contributed by atoms with Crippen LogP contribution in [0.5, 0.6) is 0 Å². The number of hydrogen-bond donors (Lipinski definition) is 3. The molecule has 0 aromatic heterocycles. The Labute approximate surface area is 156 Å². The van der Waals surface area contributed by atoms with Gasteiger partial charge in [-0.1, -0.05) is 31.2 Å². The highest BCUT2D eigenvalue weighted by Gasteiger charge is 2.46. The number of fused-ring (bicyclic) bond motifs is 1. The maximum atomic E-state index is 10.5. The quantitative estimate of drug-likeness (QED) is 0.407. The SMILES string of the molecule is CC/C=C/CC(O)/C=C/C1C(O)CC2O/C(=C\CCCCC(=O)O)CC21. The van der Waals surface area contributed by atoms with Crippen molar-refractivity contribution < 1.29 is 24.9 Å². The van der Waals surface area contributed by atoms with Crippen molar-refractivity contribution in [1.29, 1.82) is 0 Å². The predicted molar refractivity (Wildman–Crippen MR) is 100 cm³/mol. The molecule has 5 nitrogen and oxygen atoms in total. The van der Waals surface area contributed by atoms with Gasteiger partial charge < -0.3 is 20.1 Å². The summed E-state index contributed by atoms with van der Waals surface area (Å²) in [5.74, 6) is 0.486. The van der Waals surface area contributed by atoms with Crippen LogP contribution in [0.25, 0.3) is 0 Å². The molecule has 2 rings (SSSR count). The molecule has 0 spiro atoms. The third-order valence-electron chi connectivity index (χ3n) is 5.18. The summed E-state index contributed by atoms with van der Waals surface area (Å²) >= 11 is 0. The molecule has 2 aliphatic rings. The van der Waals surface area contributed by atoms with E-state index < -0.39 is 18.2 Å². The molecule has 0 amide bonds. The summed E-state index contributed by atoms with van der Waals surface area (Å²) in [6.45, 7) is 2.06. The molecule has 0 aromatic rings. The van der Waals surface area contributed by atoms with Gasteiger partial charge in [-0.2, -0.15) is 0 Å². The summed E-state index contributed by atoms with van der Waals surface area (Å²) in [7, 11) is 0. The number of aliphatic hydroxyl groups is 2. The van der Waals surface area contributed by atoms with E-state index in [-0.39, 0.29) is 24.4 Å². The summed E-state index contributed by atoms with van der Waals surface area (Å²) in [5, 5.41) is 29.0. The Morgan fingerprint density at radius 1 is 1.35 bits per heavy atom. The van der Waals surface area contributed by atoms with Crippen LogP contribution in [0.1, 0.15) is 58.3 Å². The first kappa shape index (κ1) is 20.7. The van der Waals surface area contributed by atoms with Crippen molar-refractivity contribution in [3.8, 4) is 0 Å². The van der Waals surface area contributed by atoms with Crippen LogP contribution in [0.3, 0.4) is 0 Å². The molecule has 3 N–H and O–H groups in total.